The van der Waals surface area contributed by atoms with Gasteiger partial charge in [0.1, 0.15) is 5.01 Å². The number of thiazole rings is 1. The Bertz CT molecular complexity index is 781. The fraction of sp³-hybridized carbons (Fsp3) is 0.450. The molecule has 0 aliphatic carbocycles. The van der Waals surface area contributed by atoms with Gasteiger partial charge >= 0.3 is 0 Å². The van der Waals surface area contributed by atoms with Gasteiger partial charge < -0.3 is 16.0 Å². The molecule has 0 saturated carbocycles. The van der Waals surface area contributed by atoms with Crippen molar-refractivity contribution < 1.29 is 4.79 Å². The summed E-state index contributed by atoms with van der Waals surface area (Å²) in [4.78, 5) is 20.7. The first-order chi connectivity index (χ1) is 12.8. The third kappa shape index (κ3) is 8.55. The van der Waals surface area contributed by atoms with Crippen LogP contribution in [0.15, 0.2) is 34.6 Å². The van der Waals surface area contributed by atoms with E-state index < -0.39 is 0 Å². The molecule has 1 amide bonds. The number of guanidine groups is 1. The average molecular weight is 515 g/mol. The molecular weight excluding hydrogens is 485 g/mol. The van der Waals surface area contributed by atoms with E-state index in [0.29, 0.717) is 12.5 Å². The van der Waals surface area contributed by atoms with E-state index in [1.165, 1.54) is 5.56 Å². The standard InChI is InChI=1S/C20H29N5OS.HI/c1-14-6-8-15(9-7-14)18-24-16(13-27-18)10-11-22-19(21-5)23-12-17(26)25-20(2,3)4;/h6-9,13H,10-12H2,1-5H3,(H,25,26)(H2,21,22,23);1H. The Labute approximate surface area is 188 Å². The van der Waals surface area contributed by atoms with Gasteiger partial charge in [0.2, 0.25) is 5.91 Å². The summed E-state index contributed by atoms with van der Waals surface area (Å²) in [6.45, 7) is 8.82. The van der Waals surface area contributed by atoms with Crippen molar-refractivity contribution in [2.75, 3.05) is 20.1 Å². The number of hydrogen-bond acceptors (Lipinski definition) is 4. The van der Waals surface area contributed by atoms with E-state index in [2.05, 4.69) is 57.5 Å². The number of aromatic nitrogens is 1. The van der Waals surface area contributed by atoms with Crippen LogP contribution < -0.4 is 16.0 Å². The van der Waals surface area contributed by atoms with Crippen LogP contribution >= 0.6 is 35.3 Å². The van der Waals surface area contributed by atoms with Gasteiger partial charge in [-0.05, 0) is 27.7 Å². The normalized spacial score (nSPS) is 11.5. The van der Waals surface area contributed by atoms with Crippen molar-refractivity contribution in [3.8, 4) is 10.6 Å². The minimum Gasteiger partial charge on any atom is -0.356 e. The highest BCUT2D eigenvalue weighted by atomic mass is 127. The lowest BCUT2D eigenvalue weighted by Crippen LogP contribution is -2.48. The zero-order valence-electron chi connectivity index (χ0n) is 17.1. The van der Waals surface area contributed by atoms with Gasteiger partial charge in [0.25, 0.3) is 0 Å². The number of nitrogens with zero attached hydrogens (tertiary/aromatic N) is 2. The highest BCUT2D eigenvalue weighted by Gasteiger charge is 2.13. The van der Waals surface area contributed by atoms with E-state index in [9.17, 15) is 4.79 Å². The number of hydrogen-bond donors (Lipinski definition) is 3. The fourth-order valence-corrected chi connectivity index (χ4v) is 3.27. The van der Waals surface area contributed by atoms with Gasteiger partial charge in [0.05, 0.1) is 12.2 Å². The van der Waals surface area contributed by atoms with Gasteiger partial charge in [-0.2, -0.15) is 0 Å². The lowest BCUT2D eigenvalue weighted by Gasteiger charge is -2.21. The SMILES string of the molecule is CN=C(NCCc1csc(-c2ccc(C)cc2)n1)NCC(=O)NC(C)(C)C.I. The Balaban J connectivity index is 0.00000392. The maximum absolute atomic E-state index is 11.9. The number of nitrogens with one attached hydrogen (secondary N) is 3. The molecule has 0 aliphatic rings. The van der Waals surface area contributed by atoms with Crippen molar-refractivity contribution in [1.82, 2.24) is 20.9 Å². The lowest BCUT2D eigenvalue weighted by molar-refractivity contribution is -0.121. The smallest absolute Gasteiger partial charge is 0.239 e. The van der Waals surface area contributed by atoms with Crippen LogP contribution in [0, 0.1) is 6.92 Å². The summed E-state index contributed by atoms with van der Waals surface area (Å²) >= 11 is 1.65. The van der Waals surface area contributed by atoms with Gasteiger partial charge in [-0.1, -0.05) is 29.8 Å². The Morgan fingerprint density at radius 1 is 1.18 bits per heavy atom. The van der Waals surface area contributed by atoms with Gasteiger partial charge in [0.15, 0.2) is 5.96 Å². The summed E-state index contributed by atoms with van der Waals surface area (Å²) in [7, 11) is 1.69. The molecule has 0 saturated heterocycles. The molecule has 0 spiro atoms. The Morgan fingerprint density at radius 2 is 1.86 bits per heavy atom. The first-order valence-electron chi connectivity index (χ1n) is 9.04. The molecule has 0 aliphatic heterocycles. The van der Waals surface area contributed by atoms with Crippen LogP contribution in [-0.2, 0) is 11.2 Å². The summed E-state index contributed by atoms with van der Waals surface area (Å²) in [6.07, 6.45) is 0.789. The summed E-state index contributed by atoms with van der Waals surface area (Å²) in [5, 5.41) is 12.3. The van der Waals surface area contributed by atoms with Gasteiger partial charge in [-0.25, -0.2) is 4.98 Å². The number of amides is 1. The number of aliphatic imine (C=N–C) groups is 1. The van der Waals surface area contributed by atoms with E-state index in [1.807, 2.05) is 20.8 Å². The molecule has 2 aromatic rings. The average Bonchev–Trinajstić information content (AvgIpc) is 3.06. The molecule has 1 aromatic carbocycles. The number of carbonyl (C=O) groups is 1. The molecule has 8 heteroatoms. The maximum Gasteiger partial charge on any atom is 0.239 e. The van der Waals surface area contributed by atoms with Crippen LogP contribution in [0.5, 0.6) is 0 Å². The number of halogens is 1. The zero-order chi connectivity index (χ0) is 19.9. The Morgan fingerprint density at radius 3 is 2.46 bits per heavy atom. The molecule has 0 fully saturated rings. The predicted octanol–water partition coefficient (Wildman–Crippen LogP) is 3.36. The molecule has 6 nitrogen and oxygen atoms in total. The van der Waals surface area contributed by atoms with Crippen LogP contribution in [0.1, 0.15) is 32.0 Å². The zero-order valence-corrected chi connectivity index (χ0v) is 20.3. The molecule has 1 heterocycles. The van der Waals surface area contributed by atoms with Crippen LogP contribution in [0.3, 0.4) is 0 Å². The Hall–Kier alpha value is -1.68. The third-order valence-electron chi connectivity index (χ3n) is 3.68. The second kappa shape index (κ2) is 11.4. The topological polar surface area (TPSA) is 78.4 Å². The number of rotatable bonds is 6. The highest BCUT2D eigenvalue weighted by Crippen LogP contribution is 2.24. The van der Waals surface area contributed by atoms with E-state index in [-0.39, 0.29) is 42.0 Å². The quantitative estimate of drug-likeness (QED) is 0.313. The fourth-order valence-electron chi connectivity index (χ4n) is 2.41. The van der Waals surface area contributed by atoms with E-state index in [0.717, 1.165) is 22.7 Å². The van der Waals surface area contributed by atoms with E-state index >= 15 is 0 Å². The summed E-state index contributed by atoms with van der Waals surface area (Å²) in [5.74, 6) is 0.542. The number of benzene rings is 1. The third-order valence-corrected chi connectivity index (χ3v) is 4.62. The first-order valence-corrected chi connectivity index (χ1v) is 9.92. The second-order valence-corrected chi connectivity index (χ2v) is 8.27. The first kappa shape index (κ1) is 24.4. The molecule has 0 bridgehead atoms. The summed E-state index contributed by atoms with van der Waals surface area (Å²) < 4.78 is 0. The summed E-state index contributed by atoms with van der Waals surface area (Å²) in [6, 6.07) is 8.40. The van der Waals surface area contributed by atoms with Crippen molar-refractivity contribution in [1.29, 1.82) is 0 Å². The molecule has 2 rings (SSSR count). The van der Waals surface area contributed by atoms with Crippen molar-refractivity contribution in [3.63, 3.8) is 0 Å². The number of carbonyl (C=O) groups excluding carboxylic acids is 1. The predicted molar refractivity (Wildman–Crippen MR) is 129 cm³/mol. The molecule has 0 atom stereocenters. The highest BCUT2D eigenvalue weighted by molar-refractivity contribution is 14.0. The Kier molecular flexibility index (Phi) is 9.88. The molecular formula is C20H30IN5OS. The summed E-state index contributed by atoms with van der Waals surface area (Å²) in [5.41, 5.74) is 3.20. The van der Waals surface area contributed by atoms with Crippen LogP contribution in [-0.4, -0.2) is 42.5 Å². The number of aryl methyl sites for hydroxylation is 1. The van der Waals surface area contributed by atoms with Crippen molar-refractivity contribution in [2.45, 2.75) is 39.7 Å². The monoisotopic (exact) mass is 515 g/mol. The van der Waals surface area contributed by atoms with Crippen molar-refractivity contribution in [3.05, 3.63) is 40.9 Å². The van der Waals surface area contributed by atoms with Crippen LogP contribution in [0.2, 0.25) is 0 Å². The lowest BCUT2D eigenvalue weighted by atomic mass is 10.1. The molecule has 28 heavy (non-hydrogen) atoms. The molecule has 154 valence electrons. The van der Waals surface area contributed by atoms with Crippen molar-refractivity contribution >= 4 is 47.2 Å². The van der Waals surface area contributed by atoms with Gasteiger partial charge in [0, 0.05) is 36.5 Å². The minimum atomic E-state index is -0.241. The molecule has 1 aromatic heterocycles. The van der Waals surface area contributed by atoms with Gasteiger partial charge in [-0.15, -0.1) is 35.3 Å². The molecule has 3 N–H and O–H groups in total. The van der Waals surface area contributed by atoms with E-state index in [1.54, 1.807) is 18.4 Å². The van der Waals surface area contributed by atoms with Crippen LogP contribution in [0.25, 0.3) is 10.6 Å². The molecule has 0 unspecified atom stereocenters. The maximum atomic E-state index is 11.9. The van der Waals surface area contributed by atoms with Crippen LogP contribution in [0.4, 0.5) is 0 Å². The van der Waals surface area contributed by atoms with Crippen molar-refractivity contribution in [2.24, 2.45) is 4.99 Å². The van der Waals surface area contributed by atoms with E-state index in [4.69, 9.17) is 4.98 Å². The molecule has 0 radical (unpaired) electrons. The minimum absolute atomic E-state index is 0. The largest absolute Gasteiger partial charge is 0.356 e. The van der Waals surface area contributed by atoms with Gasteiger partial charge in [-0.3, -0.25) is 9.79 Å². The second-order valence-electron chi connectivity index (χ2n) is 7.41.